The van der Waals surface area contributed by atoms with Gasteiger partial charge in [0.2, 0.25) is 0 Å². The molecule has 2 heteroatoms. The van der Waals surface area contributed by atoms with E-state index in [-0.39, 0.29) is 5.54 Å². The Morgan fingerprint density at radius 1 is 1.10 bits per heavy atom. The number of nitrogens with one attached hydrogen (secondary N) is 1. The molecule has 0 radical (unpaired) electrons. The first kappa shape index (κ1) is 15.1. The second kappa shape index (κ2) is 6.50. The topological polar surface area (TPSA) is 15.3 Å². The van der Waals surface area contributed by atoms with Crippen LogP contribution in [0.5, 0.6) is 0 Å². The van der Waals surface area contributed by atoms with Gasteiger partial charge in [0.1, 0.15) is 0 Å². The lowest BCUT2D eigenvalue weighted by Gasteiger charge is -2.48. The van der Waals surface area contributed by atoms with Gasteiger partial charge < -0.3 is 5.32 Å². The van der Waals surface area contributed by atoms with Gasteiger partial charge in [-0.25, -0.2) is 0 Å². The summed E-state index contributed by atoms with van der Waals surface area (Å²) in [4.78, 5) is 2.79. The maximum atomic E-state index is 3.77. The number of benzene rings is 1. The van der Waals surface area contributed by atoms with Crippen LogP contribution in [0.15, 0.2) is 30.3 Å². The lowest BCUT2D eigenvalue weighted by Crippen LogP contribution is -2.59. The molecular weight excluding hydrogens is 256 g/mol. The van der Waals surface area contributed by atoms with E-state index in [9.17, 15) is 0 Å². The highest BCUT2D eigenvalue weighted by Gasteiger charge is 2.37. The van der Waals surface area contributed by atoms with Crippen LogP contribution in [-0.4, -0.2) is 36.1 Å². The summed E-state index contributed by atoms with van der Waals surface area (Å²) in [6.07, 6.45) is 6.70. The zero-order valence-electron chi connectivity index (χ0n) is 13.6. The van der Waals surface area contributed by atoms with E-state index in [1.165, 1.54) is 50.8 Å². The molecule has 1 aromatic rings. The summed E-state index contributed by atoms with van der Waals surface area (Å²) >= 11 is 0. The summed E-state index contributed by atoms with van der Waals surface area (Å²) in [5.74, 6) is 0.749. The number of likely N-dealkylation sites (tertiary alicyclic amines) is 1. The first-order valence-electron chi connectivity index (χ1n) is 8.67. The molecule has 2 aliphatic heterocycles. The fraction of sp³-hybridized carbons (Fsp3) is 0.684. The largest absolute Gasteiger partial charge is 0.311 e. The molecule has 3 rings (SSSR count). The summed E-state index contributed by atoms with van der Waals surface area (Å²) in [6.45, 7) is 8.51. The molecule has 0 amide bonds. The number of rotatable bonds is 3. The Balaban J connectivity index is 1.73. The quantitative estimate of drug-likeness (QED) is 0.915. The van der Waals surface area contributed by atoms with Crippen LogP contribution in [0.3, 0.4) is 0 Å². The highest BCUT2D eigenvalue weighted by molar-refractivity contribution is 5.16. The Kier molecular flexibility index (Phi) is 4.66. The molecule has 0 saturated carbocycles. The minimum atomic E-state index is 0.287. The number of hydrogen-bond acceptors (Lipinski definition) is 2. The molecule has 2 saturated heterocycles. The van der Waals surface area contributed by atoms with Gasteiger partial charge in [0.15, 0.2) is 0 Å². The van der Waals surface area contributed by atoms with Gasteiger partial charge >= 0.3 is 0 Å². The minimum Gasteiger partial charge on any atom is -0.311 e. The molecule has 116 valence electrons. The minimum absolute atomic E-state index is 0.287. The van der Waals surface area contributed by atoms with Crippen molar-refractivity contribution in [1.82, 2.24) is 10.2 Å². The molecule has 0 aromatic heterocycles. The van der Waals surface area contributed by atoms with Crippen LogP contribution in [0, 0.1) is 5.92 Å². The fourth-order valence-electron chi connectivity index (χ4n) is 4.11. The van der Waals surface area contributed by atoms with Crippen molar-refractivity contribution in [3.05, 3.63) is 35.9 Å². The number of hydrogen-bond donors (Lipinski definition) is 1. The van der Waals surface area contributed by atoms with Crippen molar-refractivity contribution in [2.24, 2.45) is 5.92 Å². The van der Waals surface area contributed by atoms with Gasteiger partial charge in [0.05, 0.1) is 0 Å². The van der Waals surface area contributed by atoms with Crippen LogP contribution in [0.1, 0.15) is 45.1 Å². The number of nitrogens with zero attached hydrogens (tertiary/aromatic N) is 1. The van der Waals surface area contributed by atoms with E-state index in [1.807, 2.05) is 0 Å². The second-order valence-corrected chi connectivity index (χ2v) is 7.58. The Morgan fingerprint density at radius 3 is 2.52 bits per heavy atom. The number of piperidine rings is 2. The molecule has 2 nitrogen and oxygen atoms in total. The zero-order chi connectivity index (χ0) is 14.7. The van der Waals surface area contributed by atoms with E-state index < -0.39 is 0 Å². The first-order valence-corrected chi connectivity index (χ1v) is 8.67. The van der Waals surface area contributed by atoms with Crippen molar-refractivity contribution in [3.8, 4) is 0 Å². The van der Waals surface area contributed by atoms with E-state index in [4.69, 9.17) is 0 Å². The summed E-state index contributed by atoms with van der Waals surface area (Å²) in [6, 6.07) is 11.8. The van der Waals surface area contributed by atoms with Crippen LogP contribution in [0.4, 0.5) is 0 Å². The highest BCUT2D eigenvalue weighted by atomic mass is 15.2. The molecule has 2 fully saturated rings. The van der Waals surface area contributed by atoms with E-state index in [0.29, 0.717) is 0 Å². The van der Waals surface area contributed by atoms with Crippen LogP contribution >= 0.6 is 0 Å². The smallest absolute Gasteiger partial charge is 0.0156 e. The van der Waals surface area contributed by atoms with Gasteiger partial charge in [-0.15, -0.1) is 0 Å². The van der Waals surface area contributed by atoms with Crippen LogP contribution in [0.2, 0.25) is 0 Å². The summed E-state index contributed by atoms with van der Waals surface area (Å²) in [7, 11) is 0. The summed E-state index contributed by atoms with van der Waals surface area (Å²) in [5.41, 5.74) is 1.78. The van der Waals surface area contributed by atoms with Crippen molar-refractivity contribution in [2.75, 3.05) is 19.6 Å². The third-order valence-corrected chi connectivity index (χ3v) is 5.31. The van der Waals surface area contributed by atoms with Crippen molar-refractivity contribution in [1.29, 1.82) is 0 Å². The molecule has 2 atom stereocenters. The highest BCUT2D eigenvalue weighted by Crippen LogP contribution is 2.31. The molecule has 1 aromatic carbocycles. The van der Waals surface area contributed by atoms with E-state index >= 15 is 0 Å². The Hall–Kier alpha value is -0.860. The summed E-state index contributed by atoms with van der Waals surface area (Å²) < 4.78 is 0. The van der Waals surface area contributed by atoms with Gasteiger partial charge in [-0.2, -0.15) is 0 Å². The maximum absolute atomic E-state index is 3.77. The molecule has 0 bridgehead atoms. The van der Waals surface area contributed by atoms with Crippen molar-refractivity contribution in [3.63, 3.8) is 0 Å². The third-order valence-electron chi connectivity index (χ3n) is 5.31. The van der Waals surface area contributed by atoms with Crippen molar-refractivity contribution in [2.45, 2.75) is 57.5 Å². The van der Waals surface area contributed by atoms with Gasteiger partial charge in [-0.3, -0.25) is 4.90 Å². The molecule has 0 aliphatic carbocycles. The molecule has 2 unspecified atom stereocenters. The van der Waals surface area contributed by atoms with Crippen LogP contribution < -0.4 is 5.32 Å². The molecular formula is C19H30N2. The standard InChI is InChI=1S/C19H30N2/c1-19(2)14-18(21-11-7-4-8-12-21)17(15-20-19)13-16-9-5-3-6-10-16/h3,5-6,9-10,17-18,20H,4,7-8,11-15H2,1-2H3. The monoisotopic (exact) mass is 286 g/mol. The average Bonchev–Trinajstić information content (AvgIpc) is 2.51. The molecule has 2 aliphatic rings. The normalized spacial score (nSPS) is 30.2. The first-order chi connectivity index (χ1) is 10.1. The van der Waals surface area contributed by atoms with Crippen molar-refractivity contribution < 1.29 is 0 Å². The van der Waals surface area contributed by atoms with Gasteiger partial charge in [-0.05, 0) is 64.1 Å². The predicted octanol–water partition coefficient (Wildman–Crippen LogP) is 3.47. The second-order valence-electron chi connectivity index (χ2n) is 7.58. The molecule has 21 heavy (non-hydrogen) atoms. The maximum Gasteiger partial charge on any atom is 0.0156 e. The zero-order valence-corrected chi connectivity index (χ0v) is 13.6. The van der Waals surface area contributed by atoms with Crippen molar-refractivity contribution >= 4 is 0 Å². The Bertz CT molecular complexity index is 434. The Labute approximate surface area is 129 Å². The van der Waals surface area contributed by atoms with Gasteiger partial charge in [-0.1, -0.05) is 36.8 Å². The van der Waals surface area contributed by atoms with Crippen LogP contribution in [0.25, 0.3) is 0 Å². The fourth-order valence-corrected chi connectivity index (χ4v) is 4.11. The lowest BCUT2D eigenvalue weighted by atomic mass is 9.78. The molecule has 2 heterocycles. The van der Waals surface area contributed by atoms with Crippen LogP contribution in [-0.2, 0) is 6.42 Å². The molecule has 1 N–H and O–H groups in total. The Morgan fingerprint density at radius 2 is 1.81 bits per heavy atom. The third kappa shape index (κ3) is 3.87. The van der Waals surface area contributed by atoms with E-state index in [2.05, 4.69) is 54.4 Å². The SMILES string of the molecule is CC1(C)CC(N2CCCCC2)C(Cc2ccccc2)CN1. The van der Waals surface area contributed by atoms with Gasteiger partial charge in [0, 0.05) is 18.1 Å². The average molecular weight is 286 g/mol. The van der Waals surface area contributed by atoms with Gasteiger partial charge in [0.25, 0.3) is 0 Å². The predicted molar refractivity (Wildman–Crippen MR) is 89.5 cm³/mol. The summed E-state index contributed by atoms with van der Waals surface area (Å²) in [5, 5.41) is 3.77. The molecule has 0 spiro atoms. The van der Waals surface area contributed by atoms with E-state index in [0.717, 1.165) is 18.5 Å². The van der Waals surface area contributed by atoms with E-state index in [1.54, 1.807) is 0 Å². The lowest BCUT2D eigenvalue weighted by molar-refractivity contribution is 0.0571.